The second kappa shape index (κ2) is 5.50. The summed E-state index contributed by atoms with van der Waals surface area (Å²) in [6.07, 6.45) is 11.5. The second-order valence-electron chi connectivity index (χ2n) is 5.87. The van der Waals surface area contributed by atoms with Gasteiger partial charge in [0.1, 0.15) is 0 Å². The molecule has 0 heterocycles. The Hall–Kier alpha value is -0.0800. The number of hydrogen-bond donors (Lipinski definition) is 2. The molecule has 16 heavy (non-hydrogen) atoms. The van der Waals surface area contributed by atoms with Crippen LogP contribution in [-0.2, 0) is 0 Å². The summed E-state index contributed by atoms with van der Waals surface area (Å²) in [4.78, 5) is 0. The fourth-order valence-corrected chi connectivity index (χ4v) is 3.26. The van der Waals surface area contributed by atoms with Gasteiger partial charge in [-0.3, -0.25) is 0 Å². The number of rotatable bonds is 5. The van der Waals surface area contributed by atoms with E-state index in [4.69, 9.17) is 0 Å². The van der Waals surface area contributed by atoms with Crippen molar-refractivity contribution < 1.29 is 5.11 Å². The van der Waals surface area contributed by atoms with Crippen molar-refractivity contribution in [2.75, 3.05) is 6.54 Å². The quantitative estimate of drug-likeness (QED) is 0.754. The van der Waals surface area contributed by atoms with Crippen molar-refractivity contribution >= 4 is 0 Å². The van der Waals surface area contributed by atoms with E-state index in [1.165, 1.54) is 44.9 Å². The molecule has 0 aromatic rings. The maximum Gasteiger partial charge on any atom is 0.0771 e. The van der Waals surface area contributed by atoms with Crippen molar-refractivity contribution in [1.29, 1.82) is 0 Å². The Morgan fingerprint density at radius 2 is 1.88 bits per heavy atom. The fourth-order valence-electron chi connectivity index (χ4n) is 3.26. The lowest BCUT2D eigenvalue weighted by Gasteiger charge is -2.39. The highest BCUT2D eigenvalue weighted by molar-refractivity contribution is 4.91. The van der Waals surface area contributed by atoms with Crippen molar-refractivity contribution in [3.05, 3.63) is 0 Å². The van der Waals surface area contributed by atoms with Gasteiger partial charge in [0.2, 0.25) is 0 Å². The molecule has 1 unspecified atom stereocenters. The van der Waals surface area contributed by atoms with Crippen molar-refractivity contribution in [3.63, 3.8) is 0 Å². The van der Waals surface area contributed by atoms with Crippen LogP contribution in [0.5, 0.6) is 0 Å². The minimum atomic E-state index is -0.359. The Morgan fingerprint density at radius 3 is 2.38 bits per heavy atom. The first-order valence-electron chi connectivity index (χ1n) is 7.19. The molecule has 2 aliphatic carbocycles. The number of hydrogen-bond acceptors (Lipinski definition) is 2. The smallest absolute Gasteiger partial charge is 0.0771 e. The highest BCUT2D eigenvalue weighted by Gasteiger charge is 2.35. The third-order valence-electron chi connectivity index (χ3n) is 4.64. The van der Waals surface area contributed by atoms with Crippen LogP contribution in [0.2, 0.25) is 0 Å². The van der Waals surface area contributed by atoms with E-state index >= 15 is 0 Å². The van der Waals surface area contributed by atoms with Crippen molar-refractivity contribution in [2.24, 2.45) is 5.92 Å². The normalized spacial score (nSPS) is 27.4. The van der Waals surface area contributed by atoms with Gasteiger partial charge in [-0.25, -0.2) is 0 Å². The molecule has 0 amide bonds. The van der Waals surface area contributed by atoms with E-state index in [2.05, 4.69) is 12.2 Å². The Balaban J connectivity index is 1.75. The highest BCUT2D eigenvalue weighted by Crippen LogP contribution is 2.32. The zero-order valence-corrected chi connectivity index (χ0v) is 10.7. The van der Waals surface area contributed by atoms with Crippen molar-refractivity contribution in [3.8, 4) is 0 Å². The Kier molecular flexibility index (Phi) is 4.26. The van der Waals surface area contributed by atoms with E-state index in [-0.39, 0.29) is 5.60 Å². The third kappa shape index (κ3) is 2.98. The van der Waals surface area contributed by atoms with Crippen LogP contribution >= 0.6 is 0 Å². The van der Waals surface area contributed by atoms with Gasteiger partial charge in [-0.05, 0) is 44.4 Å². The Bertz CT molecular complexity index is 207. The summed E-state index contributed by atoms with van der Waals surface area (Å²) < 4.78 is 0. The molecule has 0 aromatic heterocycles. The molecule has 2 rings (SSSR count). The molecule has 2 N–H and O–H groups in total. The highest BCUT2D eigenvalue weighted by atomic mass is 16.3. The first-order chi connectivity index (χ1) is 7.73. The molecule has 0 saturated heterocycles. The second-order valence-corrected chi connectivity index (χ2v) is 5.87. The van der Waals surface area contributed by atoms with E-state index in [9.17, 15) is 5.11 Å². The summed E-state index contributed by atoms with van der Waals surface area (Å²) in [5.41, 5.74) is -0.359. The third-order valence-corrected chi connectivity index (χ3v) is 4.64. The molecule has 0 radical (unpaired) electrons. The monoisotopic (exact) mass is 225 g/mol. The van der Waals surface area contributed by atoms with Gasteiger partial charge in [-0.1, -0.05) is 26.2 Å². The zero-order chi connectivity index (χ0) is 11.4. The van der Waals surface area contributed by atoms with Gasteiger partial charge >= 0.3 is 0 Å². The lowest BCUT2D eigenvalue weighted by atomic mass is 9.79. The SMILES string of the molecule is CCC(NCC1(O)CCC1)C1CCCCC1. The molecule has 0 spiro atoms. The van der Waals surface area contributed by atoms with Gasteiger partial charge in [0.05, 0.1) is 5.60 Å². The van der Waals surface area contributed by atoms with E-state index < -0.39 is 0 Å². The van der Waals surface area contributed by atoms with Gasteiger partial charge < -0.3 is 10.4 Å². The van der Waals surface area contributed by atoms with E-state index in [1.807, 2.05) is 0 Å². The summed E-state index contributed by atoms with van der Waals surface area (Å²) in [7, 11) is 0. The van der Waals surface area contributed by atoms with Gasteiger partial charge in [0, 0.05) is 12.6 Å². The zero-order valence-electron chi connectivity index (χ0n) is 10.7. The van der Waals surface area contributed by atoms with E-state index in [1.54, 1.807) is 0 Å². The Morgan fingerprint density at radius 1 is 1.19 bits per heavy atom. The number of nitrogens with one attached hydrogen (secondary N) is 1. The molecule has 0 aliphatic heterocycles. The molecular weight excluding hydrogens is 198 g/mol. The van der Waals surface area contributed by atoms with Crippen LogP contribution in [-0.4, -0.2) is 23.3 Å². The summed E-state index contributed by atoms with van der Waals surface area (Å²) in [6, 6.07) is 0.643. The summed E-state index contributed by atoms with van der Waals surface area (Å²) in [5, 5.41) is 13.7. The van der Waals surface area contributed by atoms with Gasteiger partial charge in [0.25, 0.3) is 0 Å². The molecule has 0 bridgehead atoms. The van der Waals surface area contributed by atoms with Crippen LogP contribution in [0.25, 0.3) is 0 Å². The molecule has 0 aromatic carbocycles. The molecule has 2 fully saturated rings. The van der Waals surface area contributed by atoms with Crippen LogP contribution in [0.4, 0.5) is 0 Å². The van der Waals surface area contributed by atoms with Gasteiger partial charge in [0.15, 0.2) is 0 Å². The van der Waals surface area contributed by atoms with E-state index in [0.29, 0.717) is 6.04 Å². The molecular formula is C14H27NO. The minimum Gasteiger partial charge on any atom is -0.389 e. The maximum atomic E-state index is 10.1. The van der Waals surface area contributed by atoms with Crippen molar-refractivity contribution in [1.82, 2.24) is 5.32 Å². The molecule has 2 saturated carbocycles. The topological polar surface area (TPSA) is 32.3 Å². The average Bonchev–Trinajstić information content (AvgIpc) is 2.29. The number of aliphatic hydroxyl groups is 1. The van der Waals surface area contributed by atoms with Crippen LogP contribution in [0, 0.1) is 5.92 Å². The first kappa shape index (κ1) is 12.4. The Labute approximate surface area is 99.8 Å². The molecule has 94 valence electrons. The average molecular weight is 225 g/mol. The molecule has 1 atom stereocenters. The maximum absolute atomic E-state index is 10.1. The summed E-state index contributed by atoms with van der Waals surface area (Å²) in [5.74, 6) is 0.863. The largest absolute Gasteiger partial charge is 0.389 e. The van der Waals surface area contributed by atoms with Gasteiger partial charge in [-0.2, -0.15) is 0 Å². The summed E-state index contributed by atoms with van der Waals surface area (Å²) in [6.45, 7) is 3.10. The fraction of sp³-hybridized carbons (Fsp3) is 1.00. The van der Waals surface area contributed by atoms with Crippen molar-refractivity contribution in [2.45, 2.75) is 76.4 Å². The van der Waals surface area contributed by atoms with Gasteiger partial charge in [-0.15, -0.1) is 0 Å². The first-order valence-corrected chi connectivity index (χ1v) is 7.19. The van der Waals surface area contributed by atoms with Crippen LogP contribution in [0.3, 0.4) is 0 Å². The molecule has 2 aliphatic rings. The molecule has 2 nitrogen and oxygen atoms in total. The molecule has 2 heteroatoms. The standard InChI is InChI=1S/C14H27NO/c1-2-13(12-7-4-3-5-8-12)15-11-14(16)9-6-10-14/h12-13,15-16H,2-11H2,1H3. The van der Waals surface area contributed by atoms with E-state index in [0.717, 1.165) is 25.3 Å². The minimum absolute atomic E-state index is 0.359. The summed E-state index contributed by atoms with van der Waals surface area (Å²) >= 11 is 0. The lowest BCUT2D eigenvalue weighted by molar-refractivity contribution is -0.0350. The predicted molar refractivity (Wildman–Crippen MR) is 67.5 cm³/mol. The van der Waals surface area contributed by atoms with Crippen LogP contribution < -0.4 is 5.32 Å². The van der Waals surface area contributed by atoms with Crippen LogP contribution in [0.1, 0.15) is 64.7 Å². The van der Waals surface area contributed by atoms with Crippen LogP contribution in [0.15, 0.2) is 0 Å². The predicted octanol–water partition coefficient (Wildman–Crippen LogP) is 2.85. The lowest BCUT2D eigenvalue weighted by Crippen LogP contribution is -2.50.